The number of carbonyl (C=O) groups is 1. The van der Waals surface area contributed by atoms with E-state index in [2.05, 4.69) is 20.9 Å². The van der Waals surface area contributed by atoms with E-state index in [1.165, 1.54) is 6.07 Å². The number of anilines is 2. The fraction of sp³-hybridized carbons (Fsp3) is 0.381. The van der Waals surface area contributed by atoms with Gasteiger partial charge in [-0.25, -0.2) is 4.79 Å². The van der Waals surface area contributed by atoms with Crippen molar-refractivity contribution < 1.29 is 22.7 Å². The van der Waals surface area contributed by atoms with Crippen LogP contribution in [-0.2, 0) is 6.18 Å². The zero-order valence-corrected chi connectivity index (χ0v) is 17.7. The number of hydrogen-bond donors (Lipinski definition) is 3. The van der Waals surface area contributed by atoms with Gasteiger partial charge >= 0.3 is 12.2 Å². The van der Waals surface area contributed by atoms with Crippen LogP contribution in [0.2, 0.25) is 5.02 Å². The van der Waals surface area contributed by atoms with Gasteiger partial charge in [-0.1, -0.05) is 17.7 Å². The fourth-order valence-electron chi connectivity index (χ4n) is 3.17. The van der Waals surface area contributed by atoms with Crippen LogP contribution in [0.25, 0.3) is 0 Å². The lowest BCUT2D eigenvalue weighted by Crippen LogP contribution is -2.44. The monoisotopic (exact) mass is 456 g/mol. The molecule has 3 rings (SSSR count). The van der Waals surface area contributed by atoms with Crippen molar-refractivity contribution in [2.75, 3.05) is 50.0 Å². The molecular weight excluding hydrogens is 433 g/mol. The van der Waals surface area contributed by atoms with E-state index in [0.717, 1.165) is 50.4 Å². The van der Waals surface area contributed by atoms with Gasteiger partial charge in [-0.05, 0) is 36.8 Å². The van der Waals surface area contributed by atoms with Gasteiger partial charge in [0.1, 0.15) is 12.4 Å². The van der Waals surface area contributed by atoms with Crippen LogP contribution in [-0.4, -0.2) is 50.3 Å². The summed E-state index contributed by atoms with van der Waals surface area (Å²) in [5.41, 5.74) is 0.348. The second-order valence-corrected chi connectivity index (χ2v) is 7.60. The highest BCUT2D eigenvalue weighted by Gasteiger charge is 2.33. The van der Waals surface area contributed by atoms with Gasteiger partial charge in [0.2, 0.25) is 0 Å². The molecule has 0 aromatic heterocycles. The van der Waals surface area contributed by atoms with E-state index in [9.17, 15) is 18.0 Å². The Labute approximate surface area is 183 Å². The Morgan fingerprint density at radius 1 is 1.13 bits per heavy atom. The summed E-state index contributed by atoms with van der Waals surface area (Å²) in [6, 6.07) is 7.71. The number of rotatable bonds is 6. The van der Waals surface area contributed by atoms with Crippen molar-refractivity contribution in [1.82, 2.24) is 10.2 Å². The number of carbonyl (C=O) groups excluding carboxylic acids is 1. The van der Waals surface area contributed by atoms with Gasteiger partial charge in [0.05, 0.1) is 10.6 Å². The number of urea groups is 1. The lowest BCUT2D eigenvalue weighted by molar-refractivity contribution is -0.137. The molecule has 1 heterocycles. The first-order valence-electron chi connectivity index (χ1n) is 9.83. The average Bonchev–Trinajstić information content (AvgIpc) is 2.71. The summed E-state index contributed by atoms with van der Waals surface area (Å²) in [7, 11) is 0. The Morgan fingerprint density at radius 3 is 2.45 bits per heavy atom. The Kier molecular flexibility index (Phi) is 7.64. The van der Waals surface area contributed by atoms with Crippen LogP contribution in [0.5, 0.6) is 5.75 Å². The number of halogens is 4. The average molecular weight is 457 g/mol. The predicted molar refractivity (Wildman–Crippen MR) is 115 cm³/mol. The highest BCUT2D eigenvalue weighted by Crippen LogP contribution is 2.36. The largest absolute Gasteiger partial charge is 0.492 e. The van der Waals surface area contributed by atoms with Crippen LogP contribution in [0.4, 0.5) is 29.3 Å². The number of amides is 2. The van der Waals surface area contributed by atoms with Crippen molar-refractivity contribution in [3.05, 3.63) is 52.5 Å². The van der Waals surface area contributed by atoms with Gasteiger partial charge in [-0.15, -0.1) is 0 Å². The van der Waals surface area contributed by atoms with E-state index in [1.54, 1.807) is 18.2 Å². The molecular formula is C21H24ClF3N4O2. The van der Waals surface area contributed by atoms with Crippen molar-refractivity contribution in [3.8, 4) is 5.75 Å². The summed E-state index contributed by atoms with van der Waals surface area (Å²) in [6.45, 7) is 7.10. The van der Waals surface area contributed by atoms with Crippen LogP contribution in [0.3, 0.4) is 0 Å². The molecule has 10 heteroatoms. The van der Waals surface area contributed by atoms with Crippen LogP contribution in [0.1, 0.15) is 11.1 Å². The summed E-state index contributed by atoms with van der Waals surface area (Å²) < 4.78 is 44.8. The van der Waals surface area contributed by atoms with Gasteiger partial charge in [-0.2, -0.15) is 13.2 Å². The number of ether oxygens (including phenoxy) is 1. The third kappa shape index (κ3) is 6.75. The summed E-state index contributed by atoms with van der Waals surface area (Å²) in [5.74, 6) is 0.638. The van der Waals surface area contributed by atoms with Gasteiger partial charge in [0, 0.05) is 50.2 Å². The van der Waals surface area contributed by atoms with Crippen LogP contribution in [0, 0.1) is 6.92 Å². The molecule has 2 amide bonds. The minimum Gasteiger partial charge on any atom is -0.492 e. The maximum atomic E-state index is 13.0. The zero-order chi connectivity index (χ0) is 22.4. The molecule has 1 aliphatic rings. The Balaban J connectivity index is 1.58. The SMILES string of the molecule is Cc1ccc(NC(=O)Nc2ccc(Cl)c(C(F)(F)F)c2)cc1OCCN1CCNCC1. The second kappa shape index (κ2) is 10.2. The molecule has 1 saturated heterocycles. The summed E-state index contributed by atoms with van der Waals surface area (Å²) in [6.07, 6.45) is -4.61. The van der Waals surface area contributed by atoms with Crippen molar-refractivity contribution in [2.45, 2.75) is 13.1 Å². The van der Waals surface area contributed by atoms with Crippen molar-refractivity contribution >= 4 is 29.0 Å². The number of nitrogens with zero attached hydrogens (tertiary/aromatic N) is 1. The van der Waals surface area contributed by atoms with E-state index in [1.807, 2.05) is 6.92 Å². The first kappa shape index (κ1) is 23.2. The molecule has 6 nitrogen and oxygen atoms in total. The number of aryl methyl sites for hydroxylation is 1. The van der Waals surface area contributed by atoms with Crippen molar-refractivity contribution in [1.29, 1.82) is 0 Å². The lowest BCUT2D eigenvalue weighted by atomic mass is 10.2. The molecule has 168 valence electrons. The van der Waals surface area contributed by atoms with E-state index in [-0.39, 0.29) is 5.69 Å². The molecule has 2 aromatic rings. The highest BCUT2D eigenvalue weighted by molar-refractivity contribution is 6.31. The van der Waals surface area contributed by atoms with Crippen LogP contribution < -0.4 is 20.7 Å². The number of alkyl halides is 3. The second-order valence-electron chi connectivity index (χ2n) is 7.19. The molecule has 0 unspecified atom stereocenters. The molecule has 2 aromatic carbocycles. The normalized spacial score (nSPS) is 14.9. The lowest BCUT2D eigenvalue weighted by Gasteiger charge is -2.27. The number of hydrogen-bond acceptors (Lipinski definition) is 4. The zero-order valence-electron chi connectivity index (χ0n) is 17.0. The molecule has 0 saturated carbocycles. The molecule has 0 atom stereocenters. The summed E-state index contributed by atoms with van der Waals surface area (Å²) in [5, 5.41) is 7.86. The summed E-state index contributed by atoms with van der Waals surface area (Å²) in [4.78, 5) is 14.6. The molecule has 0 radical (unpaired) electrons. The highest BCUT2D eigenvalue weighted by atomic mass is 35.5. The first-order valence-corrected chi connectivity index (χ1v) is 10.2. The molecule has 0 aliphatic carbocycles. The third-order valence-corrected chi connectivity index (χ3v) is 5.18. The minimum absolute atomic E-state index is 0.0196. The van der Waals surface area contributed by atoms with E-state index in [0.29, 0.717) is 18.0 Å². The Hall–Kier alpha value is -2.49. The molecule has 0 bridgehead atoms. The standard InChI is InChI=1S/C21H24ClF3N4O2/c1-14-2-3-16(13-19(14)31-11-10-29-8-6-26-7-9-29)28-20(30)27-15-4-5-18(22)17(12-15)21(23,24)25/h2-5,12-13,26H,6-11H2,1H3,(H2,27,28,30). The number of benzene rings is 2. The smallest absolute Gasteiger partial charge is 0.417 e. The van der Waals surface area contributed by atoms with E-state index < -0.39 is 22.8 Å². The van der Waals surface area contributed by atoms with Crippen LogP contribution in [0.15, 0.2) is 36.4 Å². The minimum atomic E-state index is -4.61. The number of nitrogens with one attached hydrogen (secondary N) is 3. The fourth-order valence-corrected chi connectivity index (χ4v) is 3.39. The third-order valence-electron chi connectivity index (χ3n) is 4.85. The topological polar surface area (TPSA) is 65.6 Å². The first-order chi connectivity index (χ1) is 14.7. The molecule has 1 aliphatic heterocycles. The van der Waals surface area contributed by atoms with Gasteiger partial charge in [-0.3, -0.25) is 4.90 Å². The van der Waals surface area contributed by atoms with Gasteiger partial charge in [0.15, 0.2) is 0 Å². The molecule has 0 spiro atoms. The molecule has 31 heavy (non-hydrogen) atoms. The Bertz CT molecular complexity index is 918. The van der Waals surface area contributed by atoms with Crippen LogP contribution >= 0.6 is 11.6 Å². The van der Waals surface area contributed by atoms with Crippen molar-refractivity contribution in [3.63, 3.8) is 0 Å². The predicted octanol–water partition coefficient (Wildman–Crippen LogP) is 4.60. The summed E-state index contributed by atoms with van der Waals surface area (Å²) >= 11 is 5.60. The molecule has 1 fully saturated rings. The molecule has 3 N–H and O–H groups in total. The quantitative estimate of drug-likeness (QED) is 0.594. The number of piperazine rings is 1. The maximum Gasteiger partial charge on any atom is 0.417 e. The maximum absolute atomic E-state index is 13.0. The van der Waals surface area contributed by atoms with E-state index in [4.69, 9.17) is 16.3 Å². The Morgan fingerprint density at radius 2 is 1.77 bits per heavy atom. The van der Waals surface area contributed by atoms with Crippen molar-refractivity contribution in [2.24, 2.45) is 0 Å². The van der Waals surface area contributed by atoms with E-state index >= 15 is 0 Å². The van der Waals surface area contributed by atoms with Gasteiger partial charge < -0.3 is 20.7 Å². The van der Waals surface area contributed by atoms with Gasteiger partial charge in [0.25, 0.3) is 0 Å².